The summed E-state index contributed by atoms with van der Waals surface area (Å²) in [6, 6.07) is 23.8. The van der Waals surface area contributed by atoms with Crippen LogP contribution >= 0.6 is 0 Å². The summed E-state index contributed by atoms with van der Waals surface area (Å²) in [6.45, 7) is 7.21. The van der Waals surface area contributed by atoms with E-state index >= 15 is 0 Å². The van der Waals surface area contributed by atoms with Crippen LogP contribution in [-0.4, -0.2) is 12.6 Å². The van der Waals surface area contributed by atoms with E-state index in [1.54, 1.807) is 0 Å². The predicted molar refractivity (Wildman–Crippen MR) is 131 cm³/mol. The first kappa shape index (κ1) is 23.7. The maximum atomic E-state index is 12.6. The van der Waals surface area contributed by atoms with Crippen molar-refractivity contribution in [3.8, 4) is 16.9 Å². The van der Waals surface area contributed by atoms with Gasteiger partial charge in [-0.1, -0.05) is 87.7 Å². The van der Waals surface area contributed by atoms with E-state index < -0.39 is 0 Å². The molecule has 168 valence electrons. The van der Waals surface area contributed by atoms with E-state index in [4.69, 9.17) is 9.47 Å². The van der Waals surface area contributed by atoms with Gasteiger partial charge in [0.1, 0.15) is 5.75 Å². The number of benzene rings is 3. The second-order valence-corrected chi connectivity index (χ2v) is 8.17. The second kappa shape index (κ2) is 12.2. The first-order valence-corrected chi connectivity index (χ1v) is 11.7. The van der Waals surface area contributed by atoms with Crippen molar-refractivity contribution in [3.63, 3.8) is 0 Å². The molecule has 0 fully saturated rings. The van der Waals surface area contributed by atoms with E-state index in [-0.39, 0.29) is 12.1 Å². The quantitative estimate of drug-likeness (QED) is 0.177. The summed E-state index contributed by atoms with van der Waals surface area (Å²) in [5.74, 6) is 0.314. The van der Waals surface area contributed by atoms with Gasteiger partial charge in [0, 0.05) is 6.61 Å². The number of ether oxygens (including phenoxy) is 2. The topological polar surface area (TPSA) is 35.5 Å². The van der Waals surface area contributed by atoms with Crippen LogP contribution in [0.3, 0.4) is 0 Å². The molecule has 0 saturated heterocycles. The lowest BCUT2D eigenvalue weighted by Gasteiger charge is -2.14. The first-order chi connectivity index (χ1) is 15.6. The Hall–Kier alpha value is -2.91. The Balaban J connectivity index is 1.62. The second-order valence-electron chi connectivity index (χ2n) is 8.17. The Morgan fingerprint density at radius 2 is 1.47 bits per heavy atom. The zero-order valence-electron chi connectivity index (χ0n) is 19.5. The van der Waals surface area contributed by atoms with Gasteiger partial charge in [-0.05, 0) is 60.2 Å². The Bertz CT molecular complexity index is 974. The van der Waals surface area contributed by atoms with Crippen LogP contribution < -0.4 is 4.74 Å². The molecular weight excluding hydrogens is 396 g/mol. The SMILES string of the molecule is CCCCCOC(C)c1ccc(-c2ccc(C(=O)Oc3ccccc3CCC)cc2)cc1. The van der Waals surface area contributed by atoms with Crippen LogP contribution in [0.15, 0.2) is 72.8 Å². The zero-order valence-corrected chi connectivity index (χ0v) is 19.5. The molecule has 0 bridgehead atoms. The standard InChI is InChI=1S/C29H34O3/c1-4-6-9-21-31-22(3)23-13-15-24(16-14-23)25-17-19-27(20-18-25)29(30)32-28-12-8-7-11-26(28)10-5-2/h7-8,11-20,22H,4-6,9-10,21H2,1-3H3. The van der Waals surface area contributed by atoms with Crippen LogP contribution in [0.2, 0.25) is 0 Å². The molecule has 0 N–H and O–H groups in total. The van der Waals surface area contributed by atoms with E-state index in [1.807, 2.05) is 48.5 Å². The molecule has 0 spiro atoms. The third kappa shape index (κ3) is 6.54. The Morgan fingerprint density at radius 1 is 0.812 bits per heavy atom. The molecule has 32 heavy (non-hydrogen) atoms. The van der Waals surface area contributed by atoms with Gasteiger partial charge in [0.15, 0.2) is 0 Å². The minimum absolute atomic E-state index is 0.0913. The summed E-state index contributed by atoms with van der Waals surface area (Å²) < 4.78 is 11.6. The molecule has 0 aliphatic rings. The van der Waals surface area contributed by atoms with Gasteiger partial charge in [0.2, 0.25) is 0 Å². The van der Waals surface area contributed by atoms with E-state index in [1.165, 1.54) is 18.4 Å². The molecule has 0 saturated carbocycles. The summed E-state index contributed by atoms with van der Waals surface area (Å²) in [5.41, 5.74) is 4.96. The average Bonchev–Trinajstić information content (AvgIpc) is 2.83. The van der Waals surface area contributed by atoms with Crippen molar-refractivity contribution >= 4 is 5.97 Å². The number of para-hydroxylation sites is 1. The Morgan fingerprint density at radius 3 is 2.12 bits per heavy atom. The molecule has 3 nitrogen and oxygen atoms in total. The van der Waals surface area contributed by atoms with Crippen molar-refractivity contribution in [2.24, 2.45) is 0 Å². The summed E-state index contributed by atoms with van der Waals surface area (Å²) in [7, 11) is 0. The largest absolute Gasteiger partial charge is 0.423 e. The third-order valence-electron chi connectivity index (χ3n) is 5.64. The molecule has 3 rings (SSSR count). The molecular formula is C29H34O3. The molecule has 0 aliphatic heterocycles. The molecule has 0 aliphatic carbocycles. The lowest BCUT2D eigenvalue weighted by atomic mass is 10.0. The number of rotatable bonds is 11. The predicted octanol–water partition coefficient (Wildman–Crippen LogP) is 7.79. The van der Waals surface area contributed by atoms with Crippen LogP contribution in [-0.2, 0) is 11.2 Å². The number of hydrogen-bond donors (Lipinski definition) is 0. The monoisotopic (exact) mass is 430 g/mol. The fourth-order valence-corrected chi connectivity index (χ4v) is 3.69. The molecule has 1 atom stereocenters. The van der Waals surface area contributed by atoms with Crippen molar-refractivity contribution in [3.05, 3.63) is 89.5 Å². The van der Waals surface area contributed by atoms with E-state index in [0.29, 0.717) is 11.3 Å². The number of carbonyl (C=O) groups is 1. The van der Waals surface area contributed by atoms with Crippen molar-refractivity contribution in [2.75, 3.05) is 6.61 Å². The number of esters is 1. The molecule has 3 aromatic carbocycles. The van der Waals surface area contributed by atoms with E-state index in [0.717, 1.165) is 42.6 Å². The average molecular weight is 431 g/mol. The summed E-state index contributed by atoms with van der Waals surface area (Å²) in [4.78, 5) is 12.6. The zero-order chi connectivity index (χ0) is 22.8. The maximum absolute atomic E-state index is 12.6. The van der Waals surface area contributed by atoms with Crippen LogP contribution in [0.25, 0.3) is 11.1 Å². The fourth-order valence-electron chi connectivity index (χ4n) is 3.69. The van der Waals surface area contributed by atoms with Gasteiger partial charge in [-0.25, -0.2) is 4.79 Å². The van der Waals surface area contributed by atoms with Gasteiger partial charge in [0.05, 0.1) is 11.7 Å². The van der Waals surface area contributed by atoms with Crippen LogP contribution in [0.1, 0.15) is 74.0 Å². The normalized spacial score (nSPS) is 11.8. The Kier molecular flexibility index (Phi) is 9.06. The van der Waals surface area contributed by atoms with Gasteiger partial charge in [0.25, 0.3) is 0 Å². The van der Waals surface area contributed by atoms with Crippen molar-refractivity contribution < 1.29 is 14.3 Å². The molecule has 3 aromatic rings. The number of hydrogen-bond acceptors (Lipinski definition) is 3. The highest BCUT2D eigenvalue weighted by molar-refractivity contribution is 5.91. The Labute approximate surface area is 192 Å². The van der Waals surface area contributed by atoms with E-state index in [9.17, 15) is 4.79 Å². The van der Waals surface area contributed by atoms with Crippen LogP contribution in [0.4, 0.5) is 0 Å². The summed E-state index contributed by atoms with van der Waals surface area (Å²) in [5, 5.41) is 0. The fraction of sp³-hybridized carbons (Fsp3) is 0.345. The highest BCUT2D eigenvalue weighted by Gasteiger charge is 2.12. The molecule has 1 unspecified atom stereocenters. The van der Waals surface area contributed by atoms with Gasteiger partial charge in [-0.3, -0.25) is 0 Å². The smallest absolute Gasteiger partial charge is 0.343 e. The van der Waals surface area contributed by atoms with Gasteiger partial charge >= 0.3 is 5.97 Å². The number of unbranched alkanes of at least 4 members (excludes halogenated alkanes) is 2. The number of carbonyl (C=O) groups excluding carboxylic acids is 1. The highest BCUT2D eigenvalue weighted by atomic mass is 16.5. The minimum atomic E-state index is -0.329. The van der Waals surface area contributed by atoms with Gasteiger partial charge in [-0.15, -0.1) is 0 Å². The van der Waals surface area contributed by atoms with Crippen LogP contribution in [0, 0.1) is 0 Å². The highest BCUT2D eigenvalue weighted by Crippen LogP contribution is 2.25. The molecule has 0 aromatic heterocycles. The molecule has 0 amide bonds. The lowest BCUT2D eigenvalue weighted by molar-refractivity contribution is 0.0630. The van der Waals surface area contributed by atoms with Gasteiger partial charge < -0.3 is 9.47 Å². The molecule has 0 radical (unpaired) electrons. The maximum Gasteiger partial charge on any atom is 0.343 e. The van der Waals surface area contributed by atoms with Crippen LogP contribution in [0.5, 0.6) is 5.75 Å². The lowest BCUT2D eigenvalue weighted by Crippen LogP contribution is -2.09. The number of aryl methyl sites for hydroxylation is 1. The third-order valence-corrected chi connectivity index (χ3v) is 5.64. The molecule has 0 heterocycles. The van der Waals surface area contributed by atoms with Crippen molar-refractivity contribution in [1.82, 2.24) is 0 Å². The van der Waals surface area contributed by atoms with E-state index in [2.05, 4.69) is 45.0 Å². The van der Waals surface area contributed by atoms with Crippen molar-refractivity contribution in [2.45, 2.75) is 59.0 Å². The van der Waals surface area contributed by atoms with Crippen molar-refractivity contribution in [1.29, 1.82) is 0 Å². The summed E-state index contributed by atoms with van der Waals surface area (Å²) in [6.07, 6.45) is 5.51. The first-order valence-electron chi connectivity index (χ1n) is 11.7. The van der Waals surface area contributed by atoms with Gasteiger partial charge in [-0.2, -0.15) is 0 Å². The molecule has 3 heteroatoms. The summed E-state index contributed by atoms with van der Waals surface area (Å²) >= 11 is 0. The minimum Gasteiger partial charge on any atom is -0.423 e.